The van der Waals surface area contributed by atoms with Gasteiger partial charge in [0.1, 0.15) is 18.4 Å². The van der Waals surface area contributed by atoms with E-state index < -0.39 is 23.7 Å². The number of nitriles is 1. The van der Waals surface area contributed by atoms with Crippen molar-refractivity contribution in [2.24, 2.45) is 0 Å². The molecule has 3 amide bonds. The van der Waals surface area contributed by atoms with Gasteiger partial charge in [-0.25, -0.2) is 0 Å². The minimum absolute atomic E-state index is 0.166. The van der Waals surface area contributed by atoms with Crippen molar-refractivity contribution in [3.05, 3.63) is 88.5 Å². The van der Waals surface area contributed by atoms with Gasteiger partial charge in [-0.3, -0.25) is 24.6 Å². The molecular weight excluding hydrogens is 661 g/mol. The number of anilines is 2. The molecule has 3 aromatic carbocycles. The smallest absolute Gasteiger partial charge is 0.417 e. The lowest BCUT2D eigenvalue weighted by atomic mass is 9.89. The van der Waals surface area contributed by atoms with Crippen LogP contribution in [0.3, 0.4) is 0 Å². The molecule has 1 N–H and O–H groups in total. The third kappa shape index (κ3) is 7.37. The molecule has 0 spiro atoms. The maximum atomic E-state index is 13.4. The lowest BCUT2D eigenvalue weighted by molar-refractivity contribution is -0.138. The summed E-state index contributed by atoms with van der Waals surface area (Å²) in [6, 6.07) is 18.9. The van der Waals surface area contributed by atoms with E-state index in [1.807, 2.05) is 35.2 Å². The van der Waals surface area contributed by atoms with E-state index in [9.17, 15) is 27.6 Å². The molecule has 10 nitrogen and oxygen atoms in total. The number of piperidine rings is 2. The van der Waals surface area contributed by atoms with E-state index in [4.69, 9.17) is 10.00 Å². The Kier molecular flexibility index (Phi) is 9.61. The predicted octanol–water partition coefficient (Wildman–Crippen LogP) is 4.92. The van der Waals surface area contributed by atoms with Gasteiger partial charge in [0.25, 0.3) is 5.91 Å². The summed E-state index contributed by atoms with van der Waals surface area (Å²) < 4.78 is 46.4. The van der Waals surface area contributed by atoms with Gasteiger partial charge in [-0.15, -0.1) is 0 Å². The Balaban J connectivity index is 0.844. The van der Waals surface area contributed by atoms with Crippen LogP contribution in [0.5, 0.6) is 5.75 Å². The number of amides is 3. The SMILES string of the molecule is N#Cc1ccc(N2CCC(c3ccc(OCCN4CCN(c5ccc6c(c5)CN(C5CCC(=O)NC5=O)C6=O)CC4)cc3)CC2)cc1C(F)(F)F. The molecule has 0 radical (unpaired) electrons. The van der Waals surface area contributed by atoms with Gasteiger partial charge in [0.15, 0.2) is 0 Å². The third-order valence-corrected chi connectivity index (χ3v) is 10.6. The van der Waals surface area contributed by atoms with Crippen LogP contribution in [0.2, 0.25) is 0 Å². The fraction of sp³-hybridized carbons (Fsp3) is 0.421. The van der Waals surface area contributed by atoms with Crippen molar-refractivity contribution >= 4 is 29.1 Å². The lowest BCUT2D eigenvalue weighted by Crippen LogP contribution is -2.52. The molecule has 0 aromatic heterocycles. The molecule has 4 aliphatic rings. The maximum absolute atomic E-state index is 13.4. The van der Waals surface area contributed by atoms with Crippen molar-refractivity contribution in [1.82, 2.24) is 15.1 Å². The number of hydrogen-bond acceptors (Lipinski definition) is 8. The van der Waals surface area contributed by atoms with Crippen LogP contribution in [0.1, 0.15) is 64.2 Å². The summed E-state index contributed by atoms with van der Waals surface area (Å²) in [5.74, 6) is 0.236. The van der Waals surface area contributed by atoms with E-state index in [1.165, 1.54) is 11.6 Å². The molecule has 13 heteroatoms. The van der Waals surface area contributed by atoms with E-state index in [-0.39, 0.29) is 23.8 Å². The summed E-state index contributed by atoms with van der Waals surface area (Å²) in [6.07, 6.45) is -2.36. The van der Waals surface area contributed by atoms with Crippen molar-refractivity contribution in [1.29, 1.82) is 5.26 Å². The summed E-state index contributed by atoms with van der Waals surface area (Å²) >= 11 is 0. The van der Waals surface area contributed by atoms with Crippen LogP contribution >= 0.6 is 0 Å². The quantitative estimate of drug-likeness (QED) is 0.330. The lowest BCUT2D eigenvalue weighted by Gasteiger charge is -2.36. The second kappa shape index (κ2) is 14.3. The minimum Gasteiger partial charge on any atom is -0.492 e. The molecule has 4 aliphatic heterocycles. The van der Waals surface area contributed by atoms with Gasteiger partial charge in [0.2, 0.25) is 11.8 Å². The van der Waals surface area contributed by atoms with Crippen molar-refractivity contribution in [3.63, 3.8) is 0 Å². The normalized spacial score (nSPS) is 20.3. The second-order valence-corrected chi connectivity index (χ2v) is 13.6. The van der Waals surface area contributed by atoms with Crippen LogP contribution in [-0.2, 0) is 22.3 Å². The van der Waals surface area contributed by atoms with E-state index in [0.29, 0.717) is 49.8 Å². The second-order valence-electron chi connectivity index (χ2n) is 13.6. The highest BCUT2D eigenvalue weighted by atomic mass is 19.4. The van der Waals surface area contributed by atoms with Crippen molar-refractivity contribution in [2.45, 2.75) is 50.4 Å². The number of alkyl halides is 3. The first-order valence-corrected chi connectivity index (χ1v) is 17.4. The Morgan fingerprint density at radius 2 is 1.53 bits per heavy atom. The summed E-state index contributed by atoms with van der Waals surface area (Å²) in [6.45, 7) is 6.40. The summed E-state index contributed by atoms with van der Waals surface area (Å²) in [5, 5.41) is 11.4. The zero-order valence-corrected chi connectivity index (χ0v) is 28.1. The Morgan fingerprint density at radius 1 is 0.843 bits per heavy atom. The fourth-order valence-corrected chi connectivity index (χ4v) is 7.65. The van der Waals surface area contributed by atoms with Crippen molar-refractivity contribution < 1.29 is 32.3 Å². The highest BCUT2D eigenvalue weighted by Crippen LogP contribution is 2.37. The number of rotatable bonds is 8. The van der Waals surface area contributed by atoms with Crippen LogP contribution in [0.4, 0.5) is 24.5 Å². The van der Waals surface area contributed by atoms with E-state index in [0.717, 1.165) is 68.6 Å². The monoisotopic (exact) mass is 700 g/mol. The van der Waals surface area contributed by atoms with Crippen molar-refractivity contribution in [3.8, 4) is 11.8 Å². The molecular formula is C38H39F3N6O4. The van der Waals surface area contributed by atoms with Gasteiger partial charge in [-0.05, 0) is 84.8 Å². The first-order valence-electron chi connectivity index (χ1n) is 17.4. The zero-order chi connectivity index (χ0) is 35.7. The number of imide groups is 1. The molecule has 0 aliphatic carbocycles. The van der Waals surface area contributed by atoms with Crippen LogP contribution in [-0.4, -0.2) is 86.0 Å². The molecule has 4 heterocycles. The highest BCUT2D eigenvalue weighted by Gasteiger charge is 2.39. The average molecular weight is 701 g/mol. The maximum Gasteiger partial charge on any atom is 0.417 e. The Bertz CT molecular complexity index is 1840. The van der Waals surface area contributed by atoms with Crippen LogP contribution in [0, 0.1) is 11.3 Å². The Hall–Kier alpha value is -5.09. The Labute approximate surface area is 294 Å². The van der Waals surface area contributed by atoms with Gasteiger partial charge >= 0.3 is 6.18 Å². The molecule has 7 rings (SSSR count). The number of hydrogen-bond donors (Lipinski definition) is 1. The minimum atomic E-state index is -4.57. The van der Waals surface area contributed by atoms with Crippen LogP contribution < -0.4 is 19.9 Å². The van der Waals surface area contributed by atoms with E-state index in [2.05, 4.69) is 27.2 Å². The summed E-state index contributed by atoms with van der Waals surface area (Å²) in [4.78, 5) is 45.2. The van der Waals surface area contributed by atoms with E-state index >= 15 is 0 Å². The number of benzene rings is 3. The van der Waals surface area contributed by atoms with Gasteiger partial charge in [-0.2, -0.15) is 18.4 Å². The number of nitrogens with one attached hydrogen (secondary N) is 1. The molecule has 3 fully saturated rings. The third-order valence-electron chi connectivity index (χ3n) is 10.6. The number of carbonyl (C=O) groups excluding carboxylic acids is 3. The molecule has 1 unspecified atom stereocenters. The molecule has 51 heavy (non-hydrogen) atoms. The number of nitrogens with zero attached hydrogens (tertiary/aromatic N) is 5. The molecule has 0 bridgehead atoms. The average Bonchev–Trinajstić information content (AvgIpc) is 3.46. The van der Waals surface area contributed by atoms with Gasteiger partial charge < -0.3 is 19.4 Å². The standard InChI is InChI=1S/C38H39F3N6O4/c39-38(40,41)33-22-30(4-1-27(33)23-42)45-13-11-26(12-14-45)25-2-6-31(7-3-25)51-20-19-44-15-17-46(18-16-44)29-5-8-32-28(21-29)24-47(37(32)50)34-9-10-35(48)43-36(34)49/h1-8,21-22,26,34H,9-20,24H2,(H,43,48,49). The topological polar surface area (TPSA) is 109 Å². The number of carbonyl (C=O) groups is 3. The summed E-state index contributed by atoms with van der Waals surface area (Å²) in [5.41, 5.74) is 3.00. The Morgan fingerprint density at radius 3 is 2.22 bits per heavy atom. The molecule has 1 atom stereocenters. The first-order chi connectivity index (χ1) is 24.6. The summed E-state index contributed by atoms with van der Waals surface area (Å²) in [7, 11) is 0. The van der Waals surface area contributed by atoms with Gasteiger partial charge in [-0.1, -0.05) is 12.1 Å². The molecule has 3 aromatic rings. The van der Waals surface area contributed by atoms with Gasteiger partial charge in [0, 0.05) is 75.7 Å². The fourth-order valence-electron chi connectivity index (χ4n) is 7.65. The van der Waals surface area contributed by atoms with Gasteiger partial charge in [0.05, 0.1) is 17.2 Å². The highest BCUT2D eigenvalue weighted by molar-refractivity contribution is 6.05. The van der Waals surface area contributed by atoms with Crippen LogP contribution in [0.15, 0.2) is 60.7 Å². The first kappa shape index (κ1) is 34.4. The van der Waals surface area contributed by atoms with Crippen LogP contribution in [0.25, 0.3) is 0 Å². The zero-order valence-electron chi connectivity index (χ0n) is 28.1. The molecule has 266 valence electrons. The molecule has 3 saturated heterocycles. The van der Waals surface area contributed by atoms with Crippen molar-refractivity contribution in [2.75, 3.05) is 62.2 Å². The predicted molar refractivity (Wildman–Crippen MR) is 183 cm³/mol. The number of ether oxygens (including phenoxy) is 1. The number of piperazine rings is 1. The number of fused-ring (bicyclic) bond motifs is 1. The number of halogens is 3. The molecule has 0 saturated carbocycles. The largest absolute Gasteiger partial charge is 0.492 e. The van der Waals surface area contributed by atoms with E-state index in [1.54, 1.807) is 17.0 Å².